The number of nitrogens with zero attached hydrogens (tertiary/aromatic N) is 2. The number of carboxylic acids is 1. The number of benzene rings is 1. The van der Waals surface area contributed by atoms with Gasteiger partial charge in [0.15, 0.2) is 15.5 Å². The van der Waals surface area contributed by atoms with Gasteiger partial charge in [-0.25, -0.2) is 17.9 Å². The summed E-state index contributed by atoms with van der Waals surface area (Å²) >= 11 is 0. The zero-order valence-corrected chi connectivity index (χ0v) is 11.0. The summed E-state index contributed by atoms with van der Waals surface area (Å²) < 4.78 is 24.7. The summed E-state index contributed by atoms with van der Waals surface area (Å²) in [6.45, 7) is 1.58. The van der Waals surface area contributed by atoms with Gasteiger partial charge in [0.05, 0.1) is 16.3 Å². The molecule has 19 heavy (non-hydrogen) atoms. The molecule has 1 heterocycles. The first kappa shape index (κ1) is 13.3. The lowest BCUT2D eigenvalue weighted by Gasteiger charge is -2.04. The lowest BCUT2D eigenvalue weighted by atomic mass is 10.3. The molecule has 0 bridgehead atoms. The van der Waals surface area contributed by atoms with E-state index >= 15 is 0 Å². The van der Waals surface area contributed by atoms with Crippen molar-refractivity contribution in [3.63, 3.8) is 0 Å². The summed E-state index contributed by atoms with van der Waals surface area (Å²) in [6.07, 6.45) is 1.51. The Hall–Kier alpha value is -2.15. The Morgan fingerprint density at radius 3 is 2.37 bits per heavy atom. The van der Waals surface area contributed by atoms with Gasteiger partial charge >= 0.3 is 5.97 Å². The van der Waals surface area contributed by atoms with E-state index in [0.29, 0.717) is 5.69 Å². The zero-order chi connectivity index (χ0) is 14.0. The standard InChI is InChI=1S/C12H12N2O4S/c1-2-19(17,18)10-5-3-9(4-6-10)14-8-7-11(13-14)12(15)16/h3-8H,2H2,1H3,(H,15,16). The second-order valence-corrected chi connectivity index (χ2v) is 6.13. The van der Waals surface area contributed by atoms with Crippen LogP contribution >= 0.6 is 0 Å². The zero-order valence-electron chi connectivity index (χ0n) is 10.1. The van der Waals surface area contributed by atoms with Crippen LogP contribution in [0, 0.1) is 0 Å². The van der Waals surface area contributed by atoms with E-state index in [1.54, 1.807) is 19.1 Å². The van der Waals surface area contributed by atoms with E-state index in [2.05, 4.69) is 5.10 Å². The van der Waals surface area contributed by atoms with Crippen LogP contribution in [0.4, 0.5) is 0 Å². The molecule has 0 saturated heterocycles. The van der Waals surface area contributed by atoms with Crippen molar-refractivity contribution in [3.8, 4) is 5.69 Å². The van der Waals surface area contributed by atoms with E-state index in [1.807, 2.05) is 0 Å². The fraction of sp³-hybridized carbons (Fsp3) is 0.167. The maximum absolute atomic E-state index is 11.6. The summed E-state index contributed by atoms with van der Waals surface area (Å²) in [7, 11) is -3.23. The molecule has 100 valence electrons. The molecule has 2 rings (SSSR count). The molecule has 0 aliphatic heterocycles. The first-order chi connectivity index (χ1) is 8.94. The molecule has 0 aliphatic carbocycles. The summed E-state index contributed by atoms with van der Waals surface area (Å²) in [5.74, 6) is -1.07. The van der Waals surface area contributed by atoms with E-state index in [1.165, 1.54) is 29.1 Å². The van der Waals surface area contributed by atoms with Crippen LogP contribution in [0.5, 0.6) is 0 Å². The smallest absolute Gasteiger partial charge is 0.356 e. The largest absolute Gasteiger partial charge is 0.476 e. The van der Waals surface area contributed by atoms with Crippen LogP contribution in [0.2, 0.25) is 0 Å². The molecule has 0 spiro atoms. The molecule has 0 atom stereocenters. The van der Waals surface area contributed by atoms with Gasteiger partial charge in [-0.2, -0.15) is 5.10 Å². The molecule has 0 saturated carbocycles. The Bertz CT molecular complexity index is 702. The average molecular weight is 280 g/mol. The monoisotopic (exact) mass is 280 g/mol. The lowest BCUT2D eigenvalue weighted by Crippen LogP contribution is -2.04. The van der Waals surface area contributed by atoms with E-state index < -0.39 is 15.8 Å². The van der Waals surface area contributed by atoms with Crippen molar-refractivity contribution >= 4 is 15.8 Å². The minimum Gasteiger partial charge on any atom is -0.476 e. The van der Waals surface area contributed by atoms with Crippen LogP contribution in [0.15, 0.2) is 41.4 Å². The van der Waals surface area contributed by atoms with Crippen molar-refractivity contribution in [2.45, 2.75) is 11.8 Å². The Labute approximate surface area is 110 Å². The maximum Gasteiger partial charge on any atom is 0.356 e. The van der Waals surface area contributed by atoms with Gasteiger partial charge in [-0.1, -0.05) is 6.92 Å². The molecule has 0 aliphatic rings. The SMILES string of the molecule is CCS(=O)(=O)c1ccc(-n2ccc(C(=O)O)n2)cc1. The van der Waals surface area contributed by atoms with E-state index in [9.17, 15) is 13.2 Å². The molecule has 0 fully saturated rings. The lowest BCUT2D eigenvalue weighted by molar-refractivity contribution is 0.0690. The van der Waals surface area contributed by atoms with Crippen molar-refractivity contribution in [2.24, 2.45) is 0 Å². The first-order valence-corrected chi connectivity index (χ1v) is 7.21. The molecule has 1 aromatic carbocycles. The van der Waals surface area contributed by atoms with Gasteiger partial charge in [0.2, 0.25) is 0 Å². The number of carbonyl (C=O) groups is 1. The second kappa shape index (κ2) is 4.85. The van der Waals surface area contributed by atoms with E-state index in [0.717, 1.165) is 0 Å². The third kappa shape index (κ3) is 2.65. The number of sulfone groups is 1. The molecule has 0 radical (unpaired) electrons. The molecule has 7 heteroatoms. The Morgan fingerprint density at radius 2 is 1.89 bits per heavy atom. The third-order valence-electron chi connectivity index (χ3n) is 2.65. The van der Waals surface area contributed by atoms with Gasteiger partial charge in [-0.15, -0.1) is 0 Å². The van der Waals surface area contributed by atoms with Crippen molar-refractivity contribution in [1.82, 2.24) is 9.78 Å². The highest BCUT2D eigenvalue weighted by atomic mass is 32.2. The van der Waals surface area contributed by atoms with Crippen LogP contribution in [-0.2, 0) is 9.84 Å². The van der Waals surface area contributed by atoms with Crippen LogP contribution in [0.25, 0.3) is 5.69 Å². The normalized spacial score (nSPS) is 11.4. The van der Waals surface area contributed by atoms with Gasteiger partial charge in [0.25, 0.3) is 0 Å². The average Bonchev–Trinajstić information content (AvgIpc) is 2.88. The predicted octanol–water partition coefficient (Wildman–Crippen LogP) is 1.36. The number of aromatic carboxylic acids is 1. The highest BCUT2D eigenvalue weighted by molar-refractivity contribution is 7.91. The molecule has 1 N–H and O–H groups in total. The number of rotatable bonds is 4. The fourth-order valence-corrected chi connectivity index (χ4v) is 2.44. The summed E-state index contributed by atoms with van der Waals surface area (Å²) in [5.41, 5.74) is 0.535. The summed E-state index contributed by atoms with van der Waals surface area (Å²) in [4.78, 5) is 11.0. The molecule has 0 amide bonds. The van der Waals surface area contributed by atoms with Gasteiger partial charge in [-0.3, -0.25) is 0 Å². The number of carboxylic acid groups (broad SMARTS) is 1. The van der Waals surface area contributed by atoms with Crippen molar-refractivity contribution in [3.05, 3.63) is 42.2 Å². The topological polar surface area (TPSA) is 89.3 Å². The van der Waals surface area contributed by atoms with Crippen molar-refractivity contribution in [1.29, 1.82) is 0 Å². The Morgan fingerprint density at radius 1 is 1.26 bits per heavy atom. The van der Waals surface area contributed by atoms with Gasteiger partial charge in [0, 0.05) is 6.20 Å². The Balaban J connectivity index is 2.35. The van der Waals surface area contributed by atoms with Crippen molar-refractivity contribution < 1.29 is 18.3 Å². The molecule has 0 unspecified atom stereocenters. The van der Waals surface area contributed by atoms with Crippen LogP contribution in [0.3, 0.4) is 0 Å². The number of hydrogen-bond donors (Lipinski definition) is 1. The van der Waals surface area contributed by atoms with E-state index in [4.69, 9.17) is 5.11 Å². The van der Waals surface area contributed by atoms with Crippen LogP contribution in [0.1, 0.15) is 17.4 Å². The first-order valence-electron chi connectivity index (χ1n) is 5.56. The fourth-order valence-electron chi connectivity index (χ4n) is 1.55. The minimum absolute atomic E-state index is 0.0390. The molecular weight excluding hydrogens is 268 g/mol. The number of hydrogen-bond acceptors (Lipinski definition) is 4. The maximum atomic E-state index is 11.6. The number of aromatic nitrogens is 2. The summed E-state index contributed by atoms with van der Waals surface area (Å²) in [5, 5.41) is 12.6. The van der Waals surface area contributed by atoms with Crippen molar-refractivity contribution in [2.75, 3.05) is 5.75 Å². The summed E-state index contributed by atoms with van der Waals surface area (Å²) in [6, 6.07) is 7.51. The molecular formula is C12H12N2O4S. The highest BCUT2D eigenvalue weighted by Crippen LogP contribution is 2.14. The van der Waals surface area contributed by atoms with Gasteiger partial charge in [0.1, 0.15) is 0 Å². The van der Waals surface area contributed by atoms with Crippen LogP contribution < -0.4 is 0 Å². The molecule has 2 aromatic rings. The van der Waals surface area contributed by atoms with Gasteiger partial charge < -0.3 is 5.11 Å². The predicted molar refractivity (Wildman–Crippen MR) is 68.3 cm³/mol. The van der Waals surface area contributed by atoms with E-state index in [-0.39, 0.29) is 16.3 Å². The minimum atomic E-state index is -3.23. The second-order valence-electron chi connectivity index (χ2n) is 3.85. The molecule has 6 nitrogen and oxygen atoms in total. The Kier molecular flexibility index (Phi) is 3.39. The van der Waals surface area contributed by atoms with Gasteiger partial charge in [-0.05, 0) is 30.3 Å². The van der Waals surface area contributed by atoms with Crippen LogP contribution in [-0.4, -0.2) is 35.0 Å². The highest BCUT2D eigenvalue weighted by Gasteiger charge is 2.12. The quantitative estimate of drug-likeness (QED) is 0.913. The molecule has 1 aromatic heterocycles. The third-order valence-corrected chi connectivity index (χ3v) is 4.40.